The maximum Gasteiger partial charge on any atom is 0.0844 e. The zero-order chi connectivity index (χ0) is 10.6. The number of aromatic nitrogens is 2. The van der Waals surface area contributed by atoms with Crippen LogP contribution in [0.15, 0.2) is 5.11 Å². The average molecular weight is 214 g/mol. The Labute approximate surface area is 87.3 Å². The topological polar surface area (TPSA) is 66.6 Å². The van der Waals surface area contributed by atoms with Crippen molar-refractivity contribution in [2.75, 3.05) is 6.54 Å². The third kappa shape index (κ3) is 2.40. The number of nitrogens with zero attached hydrogens (tertiary/aromatic N) is 5. The second-order valence-electron chi connectivity index (χ2n) is 3.02. The lowest BCUT2D eigenvalue weighted by molar-refractivity contribution is 0.567. The van der Waals surface area contributed by atoms with Crippen molar-refractivity contribution in [2.24, 2.45) is 5.11 Å². The standard InChI is InChI=1S/C8H12ClN5/c1-6-8(9)7(2)14(12-6)5-3-4-11-13-10/h3-5H2,1-2H3. The number of azide groups is 1. The highest BCUT2D eigenvalue weighted by molar-refractivity contribution is 6.31. The van der Waals surface area contributed by atoms with Crippen molar-refractivity contribution < 1.29 is 0 Å². The van der Waals surface area contributed by atoms with Crippen molar-refractivity contribution >= 4 is 11.6 Å². The van der Waals surface area contributed by atoms with Crippen LogP contribution in [0.1, 0.15) is 17.8 Å². The van der Waals surface area contributed by atoms with Crippen LogP contribution >= 0.6 is 11.6 Å². The highest BCUT2D eigenvalue weighted by Gasteiger charge is 2.07. The number of halogens is 1. The number of hydrogen-bond donors (Lipinski definition) is 0. The van der Waals surface area contributed by atoms with Gasteiger partial charge < -0.3 is 0 Å². The van der Waals surface area contributed by atoms with Gasteiger partial charge in [-0.3, -0.25) is 4.68 Å². The Kier molecular flexibility index (Phi) is 3.80. The van der Waals surface area contributed by atoms with Crippen LogP contribution in [0.5, 0.6) is 0 Å². The molecule has 0 fully saturated rings. The molecule has 0 aliphatic heterocycles. The minimum atomic E-state index is 0.493. The van der Waals surface area contributed by atoms with Crippen LogP contribution in [-0.2, 0) is 6.54 Å². The van der Waals surface area contributed by atoms with Gasteiger partial charge in [-0.15, -0.1) is 0 Å². The first-order valence-electron chi connectivity index (χ1n) is 4.37. The molecule has 6 heteroatoms. The summed E-state index contributed by atoms with van der Waals surface area (Å²) in [5.74, 6) is 0. The molecule has 5 nitrogen and oxygen atoms in total. The van der Waals surface area contributed by atoms with Crippen molar-refractivity contribution in [1.29, 1.82) is 0 Å². The Morgan fingerprint density at radius 1 is 1.57 bits per heavy atom. The summed E-state index contributed by atoms with van der Waals surface area (Å²) < 4.78 is 1.84. The Balaban J connectivity index is 2.59. The molecule has 0 spiro atoms. The third-order valence-electron chi connectivity index (χ3n) is 1.98. The van der Waals surface area contributed by atoms with Gasteiger partial charge in [0.15, 0.2) is 0 Å². The van der Waals surface area contributed by atoms with Crippen molar-refractivity contribution in [3.8, 4) is 0 Å². The van der Waals surface area contributed by atoms with E-state index in [1.807, 2.05) is 18.5 Å². The van der Waals surface area contributed by atoms with Gasteiger partial charge in [0, 0.05) is 18.0 Å². The summed E-state index contributed by atoms with van der Waals surface area (Å²) >= 11 is 5.97. The van der Waals surface area contributed by atoms with Gasteiger partial charge in [0.2, 0.25) is 0 Å². The molecular formula is C8H12ClN5. The van der Waals surface area contributed by atoms with E-state index in [1.54, 1.807) is 0 Å². The van der Waals surface area contributed by atoms with E-state index in [9.17, 15) is 0 Å². The monoisotopic (exact) mass is 213 g/mol. The molecule has 76 valence electrons. The van der Waals surface area contributed by atoms with E-state index in [0.29, 0.717) is 11.6 Å². The predicted molar refractivity (Wildman–Crippen MR) is 55.3 cm³/mol. The van der Waals surface area contributed by atoms with Crippen molar-refractivity contribution in [1.82, 2.24) is 9.78 Å². The van der Waals surface area contributed by atoms with Crippen LogP contribution in [0, 0.1) is 13.8 Å². The molecule has 0 N–H and O–H groups in total. The van der Waals surface area contributed by atoms with Crippen LogP contribution in [0.4, 0.5) is 0 Å². The van der Waals surface area contributed by atoms with Gasteiger partial charge in [0.25, 0.3) is 0 Å². The Hall–Kier alpha value is -1.19. The Morgan fingerprint density at radius 3 is 2.79 bits per heavy atom. The normalized spacial score (nSPS) is 9.93. The van der Waals surface area contributed by atoms with Gasteiger partial charge in [0.05, 0.1) is 16.4 Å². The van der Waals surface area contributed by atoms with E-state index in [2.05, 4.69) is 15.1 Å². The summed E-state index contributed by atoms with van der Waals surface area (Å²) in [7, 11) is 0. The minimum absolute atomic E-state index is 0.493. The molecule has 1 heterocycles. The quantitative estimate of drug-likeness (QED) is 0.328. The number of aryl methyl sites for hydroxylation is 2. The average Bonchev–Trinajstić information content (AvgIpc) is 2.41. The van der Waals surface area contributed by atoms with E-state index < -0.39 is 0 Å². The van der Waals surface area contributed by atoms with Gasteiger partial charge in [-0.2, -0.15) is 5.10 Å². The van der Waals surface area contributed by atoms with E-state index in [-0.39, 0.29) is 0 Å². The summed E-state index contributed by atoms with van der Waals surface area (Å²) in [5.41, 5.74) is 9.88. The predicted octanol–water partition coefficient (Wildman–Crippen LogP) is 2.85. The van der Waals surface area contributed by atoms with E-state index in [4.69, 9.17) is 17.1 Å². The zero-order valence-corrected chi connectivity index (χ0v) is 8.99. The smallest absolute Gasteiger partial charge is 0.0844 e. The van der Waals surface area contributed by atoms with Crippen LogP contribution < -0.4 is 0 Å². The largest absolute Gasteiger partial charge is 0.268 e. The van der Waals surface area contributed by atoms with Crippen molar-refractivity contribution in [3.05, 3.63) is 26.9 Å². The molecule has 0 bridgehead atoms. The first-order valence-corrected chi connectivity index (χ1v) is 4.75. The lowest BCUT2D eigenvalue weighted by Crippen LogP contribution is -2.03. The molecule has 0 saturated heterocycles. The molecule has 0 aliphatic rings. The summed E-state index contributed by atoms with van der Waals surface area (Å²) in [6, 6.07) is 0. The third-order valence-corrected chi connectivity index (χ3v) is 2.53. The minimum Gasteiger partial charge on any atom is -0.268 e. The fourth-order valence-corrected chi connectivity index (χ4v) is 1.36. The first-order chi connectivity index (χ1) is 6.66. The molecule has 1 aromatic heterocycles. The molecule has 0 amide bonds. The molecule has 14 heavy (non-hydrogen) atoms. The molecule has 0 unspecified atom stereocenters. The summed E-state index contributed by atoms with van der Waals surface area (Å²) in [6.07, 6.45) is 0.780. The van der Waals surface area contributed by atoms with E-state index >= 15 is 0 Å². The summed E-state index contributed by atoms with van der Waals surface area (Å²) in [4.78, 5) is 2.68. The second kappa shape index (κ2) is 4.88. The lowest BCUT2D eigenvalue weighted by Gasteiger charge is -2.01. The number of rotatable bonds is 4. The van der Waals surface area contributed by atoms with Crippen molar-refractivity contribution in [2.45, 2.75) is 26.8 Å². The van der Waals surface area contributed by atoms with Gasteiger partial charge in [0.1, 0.15) is 0 Å². The van der Waals surface area contributed by atoms with Gasteiger partial charge in [-0.25, -0.2) is 0 Å². The van der Waals surface area contributed by atoms with Crippen LogP contribution in [0.25, 0.3) is 10.4 Å². The Morgan fingerprint density at radius 2 is 2.29 bits per heavy atom. The molecule has 0 atom stereocenters. The van der Waals surface area contributed by atoms with Crippen LogP contribution in [0.3, 0.4) is 0 Å². The second-order valence-corrected chi connectivity index (χ2v) is 3.39. The lowest BCUT2D eigenvalue weighted by atomic mass is 10.4. The fourth-order valence-electron chi connectivity index (χ4n) is 1.23. The summed E-state index contributed by atoms with van der Waals surface area (Å²) in [5, 5.41) is 8.43. The summed E-state index contributed by atoms with van der Waals surface area (Å²) in [6.45, 7) is 5.03. The molecule has 0 aliphatic carbocycles. The van der Waals surface area contributed by atoms with Gasteiger partial charge in [-0.1, -0.05) is 16.7 Å². The molecule has 0 aromatic carbocycles. The molecular weight excluding hydrogens is 202 g/mol. The highest BCUT2D eigenvalue weighted by atomic mass is 35.5. The SMILES string of the molecule is Cc1nn(CCCN=[N+]=[N-])c(C)c1Cl. The van der Waals surface area contributed by atoms with Crippen LogP contribution in [0.2, 0.25) is 5.02 Å². The zero-order valence-electron chi connectivity index (χ0n) is 8.24. The molecule has 0 radical (unpaired) electrons. The molecule has 1 rings (SSSR count). The number of hydrogen-bond acceptors (Lipinski definition) is 2. The van der Waals surface area contributed by atoms with Gasteiger partial charge in [-0.05, 0) is 25.8 Å². The highest BCUT2D eigenvalue weighted by Crippen LogP contribution is 2.18. The van der Waals surface area contributed by atoms with E-state index in [0.717, 1.165) is 24.4 Å². The fraction of sp³-hybridized carbons (Fsp3) is 0.625. The first kappa shape index (κ1) is 10.9. The maximum absolute atomic E-state index is 8.08. The van der Waals surface area contributed by atoms with Crippen LogP contribution in [-0.4, -0.2) is 16.3 Å². The maximum atomic E-state index is 8.08. The Bertz CT molecular complexity index is 364. The van der Waals surface area contributed by atoms with E-state index in [1.165, 1.54) is 0 Å². The van der Waals surface area contributed by atoms with Gasteiger partial charge >= 0.3 is 0 Å². The van der Waals surface area contributed by atoms with Crippen molar-refractivity contribution in [3.63, 3.8) is 0 Å². The molecule has 0 saturated carbocycles. The molecule has 1 aromatic rings.